The van der Waals surface area contributed by atoms with Crippen LogP contribution in [0.1, 0.15) is 74.1 Å². The summed E-state index contributed by atoms with van der Waals surface area (Å²) >= 11 is 8.95. The van der Waals surface area contributed by atoms with Gasteiger partial charge in [0.25, 0.3) is 0 Å². The van der Waals surface area contributed by atoms with Crippen LogP contribution in [0.15, 0.2) is 35.2 Å². The monoisotopic (exact) mass is 595 g/mol. The number of esters is 1. The molecule has 0 fully saturated rings. The number of carbonyl (C=O) groups is 1. The Bertz CT molecular complexity index is 928. The maximum atomic E-state index is 12.4. The van der Waals surface area contributed by atoms with Gasteiger partial charge in [-0.15, -0.1) is 11.8 Å². The predicted molar refractivity (Wildman–Crippen MR) is 172 cm³/mol. The molecule has 38 heavy (non-hydrogen) atoms. The lowest BCUT2D eigenvalue weighted by Gasteiger charge is -2.43. The molecule has 4 nitrogen and oxygen atoms in total. The third kappa shape index (κ3) is 12.5. The topological polar surface area (TPSA) is 59.3 Å². The highest BCUT2D eigenvalue weighted by molar-refractivity contribution is 8.47. The van der Waals surface area contributed by atoms with Crippen LogP contribution in [-0.4, -0.2) is 42.1 Å². The van der Waals surface area contributed by atoms with Crippen molar-refractivity contribution in [2.24, 2.45) is 10.8 Å². The van der Waals surface area contributed by atoms with E-state index in [9.17, 15) is 10.1 Å². The molecule has 0 N–H and O–H groups in total. The van der Waals surface area contributed by atoms with Gasteiger partial charge in [0, 0.05) is 30.7 Å². The summed E-state index contributed by atoms with van der Waals surface area (Å²) in [5.74, 6) is -0.270. The van der Waals surface area contributed by atoms with Crippen LogP contribution in [0.25, 0.3) is 0 Å². The first-order chi connectivity index (χ1) is 17.5. The maximum Gasteiger partial charge on any atom is 0.305 e. The Morgan fingerprint density at radius 2 is 1.71 bits per heavy atom. The molecule has 0 bridgehead atoms. The summed E-state index contributed by atoms with van der Waals surface area (Å²) in [4.78, 5) is 13.6. The first-order valence-corrected chi connectivity index (χ1v) is 19.0. The standard InChI is InChI=1S/C30H49NO3S3Si/c1-24(2)38(8,9)21-13-18-33-19-20-34-26(32)16-17-30(7,23-31)28(3,4)22-29(5,6)37-27(35)36-25-14-11-10-12-15-25/h10-12,14-15,24H,13,16-22H2,1-9H3. The summed E-state index contributed by atoms with van der Waals surface area (Å²) in [5.41, 5.74) is -0.239. The fourth-order valence-corrected chi connectivity index (χ4v) is 9.43. The Hall–Kier alpha value is -0.853. The number of thiocarbonyl (C=S) groups is 1. The van der Waals surface area contributed by atoms with E-state index in [4.69, 9.17) is 21.7 Å². The molecule has 1 unspecified atom stereocenters. The van der Waals surface area contributed by atoms with Crippen LogP contribution in [-0.2, 0) is 14.3 Å². The van der Waals surface area contributed by atoms with Gasteiger partial charge in [0.05, 0.1) is 18.1 Å². The Kier molecular flexibility index (Phi) is 14.6. The molecular weight excluding hydrogens is 547 g/mol. The van der Waals surface area contributed by atoms with Gasteiger partial charge in [0.2, 0.25) is 0 Å². The van der Waals surface area contributed by atoms with Crippen molar-refractivity contribution >= 4 is 53.3 Å². The zero-order valence-electron chi connectivity index (χ0n) is 25.0. The van der Waals surface area contributed by atoms with Gasteiger partial charge in [-0.1, -0.05) is 108 Å². The third-order valence-corrected chi connectivity index (χ3v) is 15.2. The largest absolute Gasteiger partial charge is 0.463 e. The number of carbonyl (C=O) groups excluding carboxylic acids is 1. The van der Waals surface area contributed by atoms with E-state index in [0.717, 1.165) is 26.8 Å². The first kappa shape index (κ1) is 35.2. The van der Waals surface area contributed by atoms with Crippen molar-refractivity contribution in [2.45, 2.75) is 108 Å². The van der Waals surface area contributed by atoms with Gasteiger partial charge in [-0.3, -0.25) is 4.79 Å². The number of thioether (sulfide) groups is 2. The molecule has 1 aromatic rings. The molecule has 0 heterocycles. The van der Waals surface area contributed by atoms with Crippen LogP contribution in [0.2, 0.25) is 24.7 Å². The zero-order chi connectivity index (χ0) is 29.0. The maximum absolute atomic E-state index is 12.4. The van der Waals surface area contributed by atoms with Crippen molar-refractivity contribution in [3.63, 3.8) is 0 Å². The lowest BCUT2D eigenvalue weighted by molar-refractivity contribution is -0.146. The molecule has 0 radical (unpaired) electrons. The van der Waals surface area contributed by atoms with Crippen LogP contribution in [0.4, 0.5) is 0 Å². The fraction of sp³-hybridized carbons (Fsp3) is 0.700. The molecular formula is C30H49NO3S3Si. The lowest BCUT2D eigenvalue weighted by Crippen LogP contribution is -2.39. The molecule has 1 aromatic carbocycles. The summed E-state index contributed by atoms with van der Waals surface area (Å²) in [6, 6.07) is 13.9. The minimum Gasteiger partial charge on any atom is -0.463 e. The molecule has 1 rings (SSSR count). The number of nitriles is 1. The summed E-state index contributed by atoms with van der Waals surface area (Å²) in [7, 11) is -1.16. The third-order valence-electron chi connectivity index (χ3n) is 7.90. The van der Waals surface area contributed by atoms with E-state index in [-0.39, 0.29) is 29.2 Å². The number of rotatable bonds is 16. The van der Waals surface area contributed by atoms with Crippen LogP contribution in [0.5, 0.6) is 0 Å². The number of hydrogen-bond donors (Lipinski definition) is 0. The molecule has 0 aliphatic rings. The minimum absolute atomic E-state index is 0.162. The Balaban J connectivity index is 2.48. The zero-order valence-corrected chi connectivity index (χ0v) is 28.5. The van der Waals surface area contributed by atoms with E-state index in [0.29, 0.717) is 19.6 Å². The van der Waals surface area contributed by atoms with E-state index >= 15 is 0 Å². The Morgan fingerprint density at radius 3 is 2.29 bits per heavy atom. The molecule has 0 saturated heterocycles. The summed E-state index contributed by atoms with van der Waals surface area (Å²) in [5, 5.41) is 10.1. The van der Waals surface area contributed by atoms with Crippen molar-refractivity contribution in [3.05, 3.63) is 30.3 Å². The quantitative estimate of drug-likeness (QED) is 0.0620. The smallest absolute Gasteiger partial charge is 0.305 e. The molecule has 0 spiro atoms. The van der Waals surface area contributed by atoms with Crippen molar-refractivity contribution in [1.29, 1.82) is 5.26 Å². The highest BCUT2D eigenvalue weighted by atomic mass is 32.2. The second-order valence-corrected chi connectivity index (χ2v) is 22.2. The van der Waals surface area contributed by atoms with Crippen molar-refractivity contribution in [1.82, 2.24) is 0 Å². The molecule has 8 heteroatoms. The number of hydrogen-bond acceptors (Lipinski definition) is 7. The normalized spacial score (nSPS) is 14.1. The average Bonchev–Trinajstić information content (AvgIpc) is 2.81. The fourth-order valence-electron chi connectivity index (χ4n) is 4.33. The molecule has 1 atom stereocenters. The average molecular weight is 596 g/mol. The lowest BCUT2D eigenvalue weighted by atomic mass is 9.62. The molecule has 214 valence electrons. The van der Waals surface area contributed by atoms with Gasteiger partial charge in [-0.2, -0.15) is 5.26 Å². The Labute approximate surface area is 247 Å². The second-order valence-electron chi connectivity index (χ2n) is 12.6. The minimum atomic E-state index is -1.16. The van der Waals surface area contributed by atoms with Gasteiger partial charge < -0.3 is 9.47 Å². The summed E-state index contributed by atoms with van der Waals surface area (Å²) in [6.07, 6.45) is 2.52. The van der Waals surface area contributed by atoms with Crippen molar-refractivity contribution < 1.29 is 14.3 Å². The van der Waals surface area contributed by atoms with Crippen LogP contribution in [0, 0.1) is 22.2 Å². The van der Waals surface area contributed by atoms with Gasteiger partial charge in [-0.05, 0) is 43.7 Å². The number of ether oxygens (including phenoxy) is 2. The van der Waals surface area contributed by atoms with Crippen LogP contribution < -0.4 is 0 Å². The Morgan fingerprint density at radius 1 is 1.08 bits per heavy atom. The highest BCUT2D eigenvalue weighted by Crippen LogP contribution is 2.50. The van der Waals surface area contributed by atoms with Gasteiger partial charge in [-0.25, -0.2) is 0 Å². The van der Waals surface area contributed by atoms with Gasteiger partial charge in [0.1, 0.15) is 10.1 Å². The predicted octanol–water partition coefficient (Wildman–Crippen LogP) is 9.37. The van der Waals surface area contributed by atoms with E-state index in [2.05, 4.69) is 72.8 Å². The van der Waals surface area contributed by atoms with Crippen LogP contribution >= 0.6 is 35.7 Å². The van der Waals surface area contributed by atoms with Crippen molar-refractivity contribution in [3.8, 4) is 6.07 Å². The number of nitrogens with zero attached hydrogens (tertiary/aromatic N) is 1. The SMILES string of the molecule is CC(C)[Si](C)(C)CCCOCCOC(=O)CCC(C)(C#N)C(C)(C)CC(C)(C)SC(=S)Sc1ccccc1. The van der Waals surface area contributed by atoms with E-state index in [1.165, 1.54) is 6.04 Å². The second kappa shape index (κ2) is 15.8. The molecule has 0 aliphatic heterocycles. The molecule has 0 amide bonds. The van der Waals surface area contributed by atoms with Gasteiger partial charge in [0.15, 0.2) is 0 Å². The highest BCUT2D eigenvalue weighted by Gasteiger charge is 2.45. The van der Waals surface area contributed by atoms with Gasteiger partial charge >= 0.3 is 5.97 Å². The van der Waals surface area contributed by atoms with E-state index in [1.807, 2.05) is 25.1 Å². The molecule has 0 aromatic heterocycles. The molecule has 0 aliphatic carbocycles. The molecule has 0 saturated carbocycles. The first-order valence-electron chi connectivity index (χ1n) is 13.6. The van der Waals surface area contributed by atoms with E-state index < -0.39 is 13.5 Å². The summed E-state index contributed by atoms with van der Waals surface area (Å²) < 4.78 is 11.8. The van der Waals surface area contributed by atoms with Crippen LogP contribution in [0.3, 0.4) is 0 Å². The number of benzene rings is 1. The summed E-state index contributed by atoms with van der Waals surface area (Å²) in [6.45, 7) is 21.4. The van der Waals surface area contributed by atoms with Crippen molar-refractivity contribution in [2.75, 3.05) is 19.8 Å². The van der Waals surface area contributed by atoms with E-state index in [1.54, 1.807) is 23.5 Å².